The molecule has 3 rings (SSSR count). The molecule has 0 amide bonds. The molecule has 1 aromatic heterocycles. The Kier molecular flexibility index (Phi) is 4.90. The normalized spacial score (nSPS) is 11.7. The molecular formula is C19H18F3N3. The number of hydrogen-bond acceptors (Lipinski definition) is 3. The Morgan fingerprint density at radius 3 is 2.48 bits per heavy atom. The Bertz CT molecular complexity index is 875. The number of nitrogens with zero attached hydrogens (tertiary/aromatic N) is 1. The summed E-state index contributed by atoms with van der Waals surface area (Å²) in [6.07, 6.45) is -3.50. The molecule has 25 heavy (non-hydrogen) atoms. The van der Waals surface area contributed by atoms with E-state index in [0.717, 1.165) is 24.4 Å². The molecule has 0 spiro atoms. The van der Waals surface area contributed by atoms with Crippen LogP contribution in [0.4, 0.5) is 18.9 Å². The van der Waals surface area contributed by atoms with E-state index in [1.54, 1.807) is 18.2 Å². The van der Waals surface area contributed by atoms with E-state index in [1.165, 1.54) is 12.1 Å². The highest BCUT2D eigenvalue weighted by molar-refractivity contribution is 5.93. The average molecular weight is 345 g/mol. The third-order valence-electron chi connectivity index (χ3n) is 3.82. The van der Waals surface area contributed by atoms with Gasteiger partial charge in [-0.15, -0.1) is 0 Å². The molecule has 2 N–H and O–H groups in total. The molecule has 0 fully saturated rings. The quantitative estimate of drug-likeness (QED) is 0.490. The molecule has 130 valence electrons. The second kappa shape index (κ2) is 7.11. The van der Waals surface area contributed by atoms with E-state index in [2.05, 4.69) is 15.8 Å². The van der Waals surface area contributed by atoms with Gasteiger partial charge in [-0.1, -0.05) is 43.3 Å². The largest absolute Gasteiger partial charge is 0.417 e. The summed E-state index contributed by atoms with van der Waals surface area (Å²) in [5.74, 6) is 0. The van der Waals surface area contributed by atoms with Crippen molar-refractivity contribution in [1.82, 2.24) is 10.4 Å². The summed E-state index contributed by atoms with van der Waals surface area (Å²) in [5, 5.41) is 0.847. The lowest BCUT2D eigenvalue weighted by molar-refractivity contribution is -0.137. The average Bonchev–Trinajstić information content (AvgIpc) is 2.61. The van der Waals surface area contributed by atoms with Crippen LogP contribution in [0, 0.1) is 0 Å². The summed E-state index contributed by atoms with van der Waals surface area (Å²) in [5.41, 5.74) is 7.15. The molecule has 0 atom stereocenters. The number of nitrogens with one attached hydrogen (secondary N) is 2. The molecule has 0 bridgehead atoms. The highest BCUT2D eigenvalue weighted by Gasteiger charge is 2.33. The van der Waals surface area contributed by atoms with Crippen molar-refractivity contribution in [3.8, 4) is 11.3 Å². The fourth-order valence-corrected chi connectivity index (χ4v) is 2.65. The molecule has 0 saturated heterocycles. The summed E-state index contributed by atoms with van der Waals surface area (Å²) >= 11 is 0. The standard InChI is InChI=1S/C19H18F3N3/c1-2-11-23-25-18-12-17(24-16-10-6-4-8-14(16)18)13-7-3-5-9-15(13)19(20,21)22/h3-10,12,23H,2,11H2,1H3,(H,24,25). The van der Waals surface area contributed by atoms with E-state index in [9.17, 15) is 13.2 Å². The molecule has 2 aromatic carbocycles. The van der Waals surface area contributed by atoms with Crippen molar-refractivity contribution in [3.63, 3.8) is 0 Å². The monoisotopic (exact) mass is 345 g/mol. The second-order valence-electron chi connectivity index (χ2n) is 5.67. The number of pyridine rings is 1. The van der Waals surface area contributed by atoms with Crippen LogP contribution in [0.3, 0.4) is 0 Å². The van der Waals surface area contributed by atoms with Crippen LogP contribution < -0.4 is 10.9 Å². The molecule has 0 aliphatic rings. The van der Waals surface area contributed by atoms with Crippen LogP contribution in [-0.4, -0.2) is 11.5 Å². The lowest BCUT2D eigenvalue weighted by atomic mass is 10.0. The van der Waals surface area contributed by atoms with Crippen molar-refractivity contribution < 1.29 is 13.2 Å². The van der Waals surface area contributed by atoms with Gasteiger partial charge in [0, 0.05) is 17.5 Å². The van der Waals surface area contributed by atoms with Crippen LogP contribution in [0.1, 0.15) is 18.9 Å². The highest BCUT2D eigenvalue weighted by Crippen LogP contribution is 2.37. The van der Waals surface area contributed by atoms with E-state index in [1.807, 2.05) is 25.1 Å². The maximum atomic E-state index is 13.3. The molecule has 1 heterocycles. The third kappa shape index (κ3) is 3.74. The Hall–Kier alpha value is -2.60. The minimum atomic E-state index is -4.43. The van der Waals surface area contributed by atoms with Gasteiger partial charge < -0.3 is 5.43 Å². The lowest BCUT2D eigenvalue weighted by Gasteiger charge is -2.15. The predicted molar refractivity (Wildman–Crippen MR) is 94.1 cm³/mol. The van der Waals surface area contributed by atoms with Gasteiger partial charge in [0.1, 0.15) is 0 Å². The third-order valence-corrected chi connectivity index (χ3v) is 3.82. The van der Waals surface area contributed by atoms with Gasteiger partial charge in [0.25, 0.3) is 0 Å². The molecular weight excluding hydrogens is 327 g/mol. The first-order valence-corrected chi connectivity index (χ1v) is 8.06. The van der Waals surface area contributed by atoms with E-state index in [-0.39, 0.29) is 11.3 Å². The van der Waals surface area contributed by atoms with Crippen LogP contribution in [0.15, 0.2) is 54.6 Å². The van der Waals surface area contributed by atoms with Gasteiger partial charge in [-0.25, -0.2) is 10.4 Å². The second-order valence-corrected chi connectivity index (χ2v) is 5.67. The number of rotatable bonds is 5. The molecule has 0 unspecified atom stereocenters. The topological polar surface area (TPSA) is 37.0 Å². The maximum absolute atomic E-state index is 13.3. The minimum Gasteiger partial charge on any atom is -0.321 e. The van der Waals surface area contributed by atoms with Gasteiger partial charge in [-0.2, -0.15) is 13.2 Å². The Morgan fingerprint density at radius 1 is 1.00 bits per heavy atom. The van der Waals surface area contributed by atoms with Crippen molar-refractivity contribution >= 4 is 16.6 Å². The molecule has 3 aromatic rings. The molecule has 0 aliphatic heterocycles. The number of alkyl halides is 3. The highest BCUT2D eigenvalue weighted by atomic mass is 19.4. The molecule has 6 heteroatoms. The van der Waals surface area contributed by atoms with Crippen molar-refractivity contribution in [2.24, 2.45) is 0 Å². The van der Waals surface area contributed by atoms with Crippen molar-refractivity contribution in [3.05, 3.63) is 60.2 Å². The molecule has 3 nitrogen and oxygen atoms in total. The van der Waals surface area contributed by atoms with Crippen LogP contribution >= 0.6 is 0 Å². The van der Waals surface area contributed by atoms with Crippen LogP contribution in [0.2, 0.25) is 0 Å². The van der Waals surface area contributed by atoms with E-state index >= 15 is 0 Å². The van der Waals surface area contributed by atoms with Crippen molar-refractivity contribution in [2.45, 2.75) is 19.5 Å². The van der Waals surface area contributed by atoms with Gasteiger partial charge >= 0.3 is 6.18 Å². The minimum absolute atomic E-state index is 0.0688. The number of hydrazine groups is 1. The summed E-state index contributed by atoms with van der Waals surface area (Å²) in [6.45, 7) is 2.77. The Morgan fingerprint density at radius 2 is 1.72 bits per heavy atom. The van der Waals surface area contributed by atoms with E-state index in [4.69, 9.17) is 0 Å². The lowest BCUT2D eigenvalue weighted by Crippen LogP contribution is -2.22. The van der Waals surface area contributed by atoms with Gasteiger partial charge in [-0.05, 0) is 24.6 Å². The summed E-state index contributed by atoms with van der Waals surface area (Å²) < 4.78 is 40.0. The number of anilines is 1. The van der Waals surface area contributed by atoms with Crippen LogP contribution in [-0.2, 0) is 6.18 Å². The van der Waals surface area contributed by atoms with Gasteiger partial charge in [0.2, 0.25) is 0 Å². The first kappa shape index (κ1) is 17.2. The smallest absolute Gasteiger partial charge is 0.321 e. The number of benzene rings is 2. The SMILES string of the molecule is CCCNNc1cc(-c2ccccc2C(F)(F)F)nc2ccccc12. The summed E-state index contributed by atoms with van der Waals surface area (Å²) in [4.78, 5) is 4.44. The fourth-order valence-electron chi connectivity index (χ4n) is 2.65. The number of aromatic nitrogens is 1. The van der Waals surface area contributed by atoms with Crippen molar-refractivity contribution in [2.75, 3.05) is 12.0 Å². The van der Waals surface area contributed by atoms with Gasteiger partial charge in [0.15, 0.2) is 0 Å². The van der Waals surface area contributed by atoms with Gasteiger partial charge in [-0.3, -0.25) is 0 Å². The number of fused-ring (bicyclic) bond motifs is 1. The molecule has 0 radical (unpaired) electrons. The number of halogens is 3. The Labute approximate surface area is 143 Å². The van der Waals surface area contributed by atoms with E-state index < -0.39 is 11.7 Å². The maximum Gasteiger partial charge on any atom is 0.417 e. The van der Waals surface area contributed by atoms with E-state index in [0.29, 0.717) is 11.2 Å². The zero-order valence-corrected chi connectivity index (χ0v) is 13.7. The first-order valence-electron chi connectivity index (χ1n) is 8.06. The van der Waals surface area contributed by atoms with Crippen molar-refractivity contribution in [1.29, 1.82) is 0 Å². The summed E-state index contributed by atoms with van der Waals surface area (Å²) in [7, 11) is 0. The number of para-hydroxylation sites is 1. The van der Waals surface area contributed by atoms with Crippen LogP contribution in [0.25, 0.3) is 22.2 Å². The molecule has 0 aliphatic carbocycles. The molecule has 0 saturated carbocycles. The van der Waals surface area contributed by atoms with Gasteiger partial charge in [0.05, 0.1) is 22.5 Å². The fraction of sp³-hybridized carbons (Fsp3) is 0.211. The zero-order valence-electron chi connectivity index (χ0n) is 13.7. The Balaban J connectivity index is 2.15. The number of hydrogen-bond donors (Lipinski definition) is 2. The predicted octanol–water partition coefficient (Wildman–Crippen LogP) is 5.25. The summed E-state index contributed by atoms with van der Waals surface area (Å²) in [6, 6.07) is 14.5. The van der Waals surface area contributed by atoms with Crippen LogP contribution in [0.5, 0.6) is 0 Å². The first-order chi connectivity index (χ1) is 12.0. The zero-order chi connectivity index (χ0) is 17.9.